The molecule has 2 nitrogen and oxygen atoms in total. The Morgan fingerprint density at radius 2 is 2.08 bits per heavy atom. The summed E-state index contributed by atoms with van der Waals surface area (Å²) in [6, 6.07) is 1.28. The van der Waals surface area contributed by atoms with Crippen LogP contribution in [0, 0.1) is 0 Å². The molecule has 0 amide bonds. The molecule has 0 fully saturated rings. The topological polar surface area (TPSA) is 18.5 Å². The molecule has 0 aromatic heterocycles. The quantitative estimate of drug-likeness (QED) is 0.325. The van der Waals surface area contributed by atoms with E-state index >= 15 is 0 Å². The fourth-order valence-corrected chi connectivity index (χ4v) is 2.67. The average molecular weight is 202 g/mol. The molecule has 0 aliphatic carbocycles. The first kappa shape index (κ1) is 12.9. The molecule has 0 aromatic rings. The SMILES string of the molecule is C=CCCCC[SiH](C)OCCOC. The third-order valence-corrected chi connectivity index (χ3v) is 3.98. The maximum atomic E-state index is 5.65. The van der Waals surface area contributed by atoms with Crippen LogP contribution in [0.4, 0.5) is 0 Å². The highest BCUT2D eigenvalue weighted by molar-refractivity contribution is 6.50. The standard InChI is InChI=1S/C10H22O2Si/c1-4-5-6-7-10-13(3)12-9-8-11-2/h4,13H,1,5-10H2,2-3H3. The van der Waals surface area contributed by atoms with Crippen molar-refractivity contribution in [1.82, 2.24) is 0 Å². The third-order valence-electron chi connectivity index (χ3n) is 1.96. The van der Waals surface area contributed by atoms with E-state index in [-0.39, 0.29) is 0 Å². The van der Waals surface area contributed by atoms with Gasteiger partial charge in [-0.1, -0.05) is 18.9 Å². The fraction of sp³-hybridized carbons (Fsp3) is 0.800. The van der Waals surface area contributed by atoms with Gasteiger partial charge in [0, 0.05) is 7.11 Å². The van der Waals surface area contributed by atoms with Crippen molar-refractivity contribution < 1.29 is 9.16 Å². The van der Waals surface area contributed by atoms with E-state index in [9.17, 15) is 0 Å². The van der Waals surface area contributed by atoms with Crippen molar-refractivity contribution in [3.63, 3.8) is 0 Å². The molecule has 13 heavy (non-hydrogen) atoms. The van der Waals surface area contributed by atoms with Crippen molar-refractivity contribution >= 4 is 9.04 Å². The molecule has 1 unspecified atom stereocenters. The molecule has 3 heteroatoms. The van der Waals surface area contributed by atoms with Crippen molar-refractivity contribution in [3.05, 3.63) is 12.7 Å². The van der Waals surface area contributed by atoms with Gasteiger partial charge in [0.1, 0.15) is 0 Å². The minimum Gasteiger partial charge on any atom is -0.418 e. The summed E-state index contributed by atoms with van der Waals surface area (Å²) in [5.41, 5.74) is 0. The molecule has 0 saturated heterocycles. The highest BCUT2D eigenvalue weighted by Gasteiger charge is 2.03. The molecular weight excluding hydrogens is 180 g/mol. The first-order valence-electron chi connectivity index (χ1n) is 5.02. The molecule has 78 valence electrons. The molecule has 1 atom stereocenters. The Morgan fingerprint density at radius 3 is 2.69 bits per heavy atom. The summed E-state index contributed by atoms with van der Waals surface area (Å²) in [5.74, 6) is 0. The monoisotopic (exact) mass is 202 g/mol. The second kappa shape index (κ2) is 9.96. The maximum Gasteiger partial charge on any atom is 0.174 e. The highest BCUT2D eigenvalue weighted by atomic mass is 28.3. The lowest BCUT2D eigenvalue weighted by Crippen LogP contribution is -2.16. The smallest absolute Gasteiger partial charge is 0.174 e. The van der Waals surface area contributed by atoms with Crippen molar-refractivity contribution in [1.29, 1.82) is 0 Å². The maximum absolute atomic E-state index is 5.65. The lowest BCUT2D eigenvalue weighted by atomic mass is 10.2. The number of unbranched alkanes of at least 4 members (excludes halogenated alkanes) is 2. The zero-order chi connectivity index (χ0) is 9.94. The summed E-state index contributed by atoms with van der Waals surface area (Å²) in [5, 5.41) is 0. The molecule has 0 heterocycles. The Hall–Kier alpha value is -0.123. The van der Waals surface area contributed by atoms with Gasteiger partial charge in [-0.2, -0.15) is 0 Å². The average Bonchev–Trinajstić information content (AvgIpc) is 2.13. The van der Waals surface area contributed by atoms with Gasteiger partial charge in [0.25, 0.3) is 0 Å². The van der Waals surface area contributed by atoms with Crippen molar-refractivity contribution in [3.8, 4) is 0 Å². The van der Waals surface area contributed by atoms with E-state index in [0.717, 1.165) is 19.6 Å². The van der Waals surface area contributed by atoms with Gasteiger partial charge in [0.15, 0.2) is 9.04 Å². The first-order valence-corrected chi connectivity index (χ1v) is 7.47. The first-order chi connectivity index (χ1) is 6.31. The molecule has 0 saturated carbocycles. The number of hydrogen-bond acceptors (Lipinski definition) is 2. The normalized spacial score (nSPS) is 12.8. The van der Waals surface area contributed by atoms with E-state index in [0.29, 0.717) is 0 Å². The van der Waals surface area contributed by atoms with Crippen LogP contribution in [-0.2, 0) is 9.16 Å². The molecular formula is C10H22O2Si. The minimum atomic E-state index is -0.891. The summed E-state index contributed by atoms with van der Waals surface area (Å²) < 4.78 is 10.6. The predicted octanol–water partition coefficient (Wildman–Crippen LogP) is 2.36. The van der Waals surface area contributed by atoms with Crippen LogP contribution in [0.2, 0.25) is 12.6 Å². The molecule has 0 aromatic carbocycles. The Morgan fingerprint density at radius 1 is 1.31 bits per heavy atom. The van der Waals surface area contributed by atoms with E-state index in [4.69, 9.17) is 9.16 Å². The summed E-state index contributed by atoms with van der Waals surface area (Å²) in [7, 11) is 0.817. The van der Waals surface area contributed by atoms with Crippen LogP contribution in [0.5, 0.6) is 0 Å². The Kier molecular flexibility index (Phi) is 9.87. The molecule has 0 N–H and O–H groups in total. The summed E-state index contributed by atoms with van der Waals surface area (Å²) in [4.78, 5) is 0. The molecule has 0 aliphatic heterocycles. The summed E-state index contributed by atoms with van der Waals surface area (Å²) in [6.07, 6.45) is 5.66. The fourth-order valence-electron chi connectivity index (χ4n) is 1.14. The van der Waals surface area contributed by atoms with Gasteiger partial charge in [-0.05, 0) is 19.0 Å². The summed E-state index contributed by atoms with van der Waals surface area (Å²) in [6.45, 7) is 7.45. The van der Waals surface area contributed by atoms with Crippen LogP contribution in [0.15, 0.2) is 12.7 Å². The summed E-state index contributed by atoms with van der Waals surface area (Å²) >= 11 is 0. The van der Waals surface area contributed by atoms with Crippen LogP contribution in [0.25, 0.3) is 0 Å². The number of hydrogen-bond donors (Lipinski definition) is 0. The Balaban J connectivity index is 3.09. The Labute approximate surface area is 83.7 Å². The molecule has 0 bridgehead atoms. The Bertz CT molecular complexity index is 117. The van der Waals surface area contributed by atoms with Gasteiger partial charge in [0.2, 0.25) is 0 Å². The number of rotatable bonds is 9. The number of ether oxygens (including phenoxy) is 1. The highest BCUT2D eigenvalue weighted by Crippen LogP contribution is 2.05. The number of methoxy groups -OCH3 is 1. The zero-order valence-electron chi connectivity index (χ0n) is 8.92. The lowest BCUT2D eigenvalue weighted by molar-refractivity contribution is 0.146. The van der Waals surface area contributed by atoms with Crippen molar-refractivity contribution in [2.24, 2.45) is 0 Å². The molecule has 0 spiro atoms. The molecule has 0 aliphatic rings. The van der Waals surface area contributed by atoms with Crippen LogP contribution in [0.3, 0.4) is 0 Å². The van der Waals surface area contributed by atoms with Gasteiger partial charge >= 0.3 is 0 Å². The van der Waals surface area contributed by atoms with Gasteiger partial charge in [-0.25, -0.2) is 0 Å². The number of allylic oxidation sites excluding steroid dienone is 1. The van der Waals surface area contributed by atoms with Crippen molar-refractivity contribution in [2.75, 3.05) is 20.3 Å². The van der Waals surface area contributed by atoms with Crippen LogP contribution in [-0.4, -0.2) is 29.4 Å². The van der Waals surface area contributed by atoms with Crippen LogP contribution in [0.1, 0.15) is 19.3 Å². The molecule has 0 rings (SSSR count). The van der Waals surface area contributed by atoms with E-state index in [2.05, 4.69) is 13.1 Å². The largest absolute Gasteiger partial charge is 0.418 e. The predicted molar refractivity (Wildman–Crippen MR) is 59.7 cm³/mol. The van der Waals surface area contributed by atoms with E-state index in [1.165, 1.54) is 18.9 Å². The van der Waals surface area contributed by atoms with E-state index < -0.39 is 9.04 Å². The van der Waals surface area contributed by atoms with Gasteiger partial charge in [0.05, 0.1) is 13.2 Å². The van der Waals surface area contributed by atoms with Gasteiger partial charge in [-0.3, -0.25) is 0 Å². The van der Waals surface area contributed by atoms with Crippen molar-refractivity contribution in [2.45, 2.75) is 31.9 Å². The minimum absolute atomic E-state index is 0.726. The van der Waals surface area contributed by atoms with Gasteiger partial charge < -0.3 is 9.16 Å². The molecule has 0 radical (unpaired) electrons. The second-order valence-corrected chi connectivity index (χ2v) is 5.78. The zero-order valence-corrected chi connectivity index (χ0v) is 10.1. The second-order valence-electron chi connectivity index (χ2n) is 3.25. The van der Waals surface area contributed by atoms with Gasteiger partial charge in [-0.15, -0.1) is 6.58 Å². The van der Waals surface area contributed by atoms with Crippen LogP contribution >= 0.6 is 0 Å². The van der Waals surface area contributed by atoms with Crippen LogP contribution < -0.4 is 0 Å². The van der Waals surface area contributed by atoms with E-state index in [1.54, 1.807) is 7.11 Å². The third kappa shape index (κ3) is 9.79. The lowest BCUT2D eigenvalue weighted by Gasteiger charge is -2.10. The van der Waals surface area contributed by atoms with E-state index in [1.807, 2.05) is 6.08 Å².